The smallest absolute Gasteiger partial charge is 0.258 e. The number of aromatic nitrogens is 1. The van der Waals surface area contributed by atoms with Gasteiger partial charge < -0.3 is 20.1 Å². The molecule has 0 fully saturated rings. The standard InChI is InChI=1S/C14H19N3O3/c1-3-6-16-14(18)11-20-13-5-4-12(17-10-13)9-15-7-8-19-2/h1,4-5,10,15H,6-9,11H2,2H3,(H,16,18). The maximum absolute atomic E-state index is 11.3. The molecule has 6 heteroatoms. The Balaban J connectivity index is 2.28. The molecule has 0 radical (unpaired) electrons. The van der Waals surface area contributed by atoms with E-state index in [1.165, 1.54) is 0 Å². The summed E-state index contributed by atoms with van der Waals surface area (Å²) in [4.78, 5) is 15.5. The predicted molar refractivity (Wildman–Crippen MR) is 75.2 cm³/mol. The molecule has 20 heavy (non-hydrogen) atoms. The van der Waals surface area contributed by atoms with E-state index in [9.17, 15) is 4.79 Å². The van der Waals surface area contributed by atoms with Crippen molar-refractivity contribution in [2.75, 3.05) is 33.4 Å². The summed E-state index contributed by atoms with van der Waals surface area (Å²) in [6.45, 7) is 2.22. The normalized spacial score (nSPS) is 9.80. The zero-order chi connectivity index (χ0) is 14.6. The second-order valence-electron chi connectivity index (χ2n) is 3.92. The van der Waals surface area contributed by atoms with Gasteiger partial charge in [-0.15, -0.1) is 6.42 Å². The predicted octanol–water partition coefficient (Wildman–Crippen LogP) is -0.0542. The number of ether oxygens (including phenoxy) is 2. The van der Waals surface area contributed by atoms with Crippen LogP contribution in [0.15, 0.2) is 18.3 Å². The summed E-state index contributed by atoms with van der Waals surface area (Å²) < 4.78 is 10.2. The van der Waals surface area contributed by atoms with Gasteiger partial charge in [-0.2, -0.15) is 0 Å². The lowest BCUT2D eigenvalue weighted by Gasteiger charge is -2.07. The van der Waals surface area contributed by atoms with Crippen molar-refractivity contribution < 1.29 is 14.3 Å². The van der Waals surface area contributed by atoms with E-state index < -0.39 is 0 Å². The number of hydrogen-bond donors (Lipinski definition) is 2. The lowest BCUT2D eigenvalue weighted by molar-refractivity contribution is -0.122. The third-order valence-electron chi connectivity index (χ3n) is 2.34. The van der Waals surface area contributed by atoms with Gasteiger partial charge in [-0.3, -0.25) is 9.78 Å². The van der Waals surface area contributed by atoms with Crippen molar-refractivity contribution >= 4 is 5.91 Å². The Labute approximate surface area is 118 Å². The van der Waals surface area contributed by atoms with Gasteiger partial charge in [0.15, 0.2) is 6.61 Å². The number of terminal acetylenes is 1. The van der Waals surface area contributed by atoms with Crippen LogP contribution in [0.2, 0.25) is 0 Å². The van der Waals surface area contributed by atoms with Gasteiger partial charge in [0.1, 0.15) is 5.75 Å². The van der Waals surface area contributed by atoms with Crippen LogP contribution in [0.5, 0.6) is 5.75 Å². The van der Waals surface area contributed by atoms with Crippen molar-refractivity contribution in [2.24, 2.45) is 0 Å². The van der Waals surface area contributed by atoms with Crippen LogP contribution in [0.1, 0.15) is 5.69 Å². The largest absolute Gasteiger partial charge is 0.482 e. The first-order valence-electron chi connectivity index (χ1n) is 6.24. The first-order chi connectivity index (χ1) is 9.76. The van der Waals surface area contributed by atoms with E-state index in [4.69, 9.17) is 15.9 Å². The first-order valence-corrected chi connectivity index (χ1v) is 6.24. The summed E-state index contributed by atoms with van der Waals surface area (Å²) in [6.07, 6.45) is 6.62. The summed E-state index contributed by atoms with van der Waals surface area (Å²) in [5.74, 6) is 2.60. The Bertz CT molecular complexity index is 440. The van der Waals surface area contributed by atoms with Crippen molar-refractivity contribution in [3.05, 3.63) is 24.0 Å². The highest BCUT2D eigenvalue weighted by molar-refractivity contribution is 5.77. The second kappa shape index (κ2) is 9.78. The lowest BCUT2D eigenvalue weighted by atomic mass is 10.3. The average Bonchev–Trinajstić information content (AvgIpc) is 2.48. The summed E-state index contributed by atoms with van der Waals surface area (Å²) in [6, 6.07) is 3.61. The molecule has 0 aromatic carbocycles. The third-order valence-corrected chi connectivity index (χ3v) is 2.34. The van der Waals surface area contributed by atoms with Gasteiger partial charge in [0.25, 0.3) is 5.91 Å². The zero-order valence-electron chi connectivity index (χ0n) is 11.5. The number of carbonyl (C=O) groups excluding carboxylic acids is 1. The first kappa shape index (κ1) is 16.0. The van der Waals surface area contributed by atoms with Gasteiger partial charge in [0, 0.05) is 20.2 Å². The highest BCUT2D eigenvalue weighted by Gasteiger charge is 2.02. The van der Waals surface area contributed by atoms with Crippen LogP contribution in [0.4, 0.5) is 0 Å². The van der Waals surface area contributed by atoms with Gasteiger partial charge in [-0.05, 0) is 12.1 Å². The van der Waals surface area contributed by atoms with Crippen molar-refractivity contribution in [2.45, 2.75) is 6.54 Å². The Morgan fingerprint density at radius 3 is 3.00 bits per heavy atom. The minimum Gasteiger partial charge on any atom is -0.482 e. The van der Waals surface area contributed by atoms with E-state index in [-0.39, 0.29) is 19.1 Å². The fourth-order valence-corrected chi connectivity index (χ4v) is 1.34. The summed E-state index contributed by atoms with van der Waals surface area (Å²) in [5, 5.41) is 5.70. The molecule has 1 amide bonds. The van der Waals surface area contributed by atoms with Crippen LogP contribution in [0.3, 0.4) is 0 Å². The molecule has 108 valence electrons. The Kier molecular flexibility index (Phi) is 7.80. The number of pyridine rings is 1. The van der Waals surface area contributed by atoms with E-state index in [0.29, 0.717) is 18.9 Å². The van der Waals surface area contributed by atoms with Crippen LogP contribution >= 0.6 is 0 Å². The molecule has 0 atom stereocenters. The second-order valence-corrected chi connectivity index (χ2v) is 3.92. The summed E-state index contributed by atoms with van der Waals surface area (Å²) >= 11 is 0. The van der Waals surface area contributed by atoms with Crippen LogP contribution in [0, 0.1) is 12.3 Å². The van der Waals surface area contributed by atoms with E-state index in [1.54, 1.807) is 19.4 Å². The maximum Gasteiger partial charge on any atom is 0.258 e. The fourth-order valence-electron chi connectivity index (χ4n) is 1.34. The molecule has 0 aliphatic rings. The van der Waals surface area contributed by atoms with Crippen LogP contribution in [-0.4, -0.2) is 44.3 Å². The monoisotopic (exact) mass is 277 g/mol. The number of amides is 1. The fraction of sp³-hybridized carbons (Fsp3) is 0.429. The SMILES string of the molecule is C#CCNC(=O)COc1ccc(CNCCOC)nc1. The van der Waals surface area contributed by atoms with Crippen LogP contribution in [-0.2, 0) is 16.1 Å². The highest BCUT2D eigenvalue weighted by atomic mass is 16.5. The molecule has 1 heterocycles. The van der Waals surface area contributed by atoms with Crippen LogP contribution in [0.25, 0.3) is 0 Å². The van der Waals surface area contributed by atoms with E-state index >= 15 is 0 Å². The third kappa shape index (κ3) is 6.73. The zero-order valence-corrected chi connectivity index (χ0v) is 11.5. The number of methoxy groups -OCH3 is 1. The number of nitrogens with zero attached hydrogens (tertiary/aromatic N) is 1. The number of nitrogens with one attached hydrogen (secondary N) is 2. The van der Waals surface area contributed by atoms with Crippen molar-refractivity contribution in [1.82, 2.24) is 15.6 Å². The molecule has 1 aromatic rings. The molecule has 1 rings (SSSR count). The Morgan fingerprint density at radius 1 is 1.50 bits per heavy atom. The molecule has 0 spiro atoms. The van der Waals surface area contributed by atoms with E-state index in [1.807, 2.05) is 6.07 Å². The number of rotatable bonds is 9. The minimum atomic E-state index is -0.256. The topological polar surface area (TPSA) is 72.5 Å². The Morgan fingerprint density at radius 2 is 2.35 bits per heavy atom. The number of hydrogen-bond acceptors (Lipinski definition) is 5. The van der Waals surface area contributed by atoms with Crippen molar-refractivity contribution in [3.8, 4) is 18.1 Å². The summed E-state index contributed by atoms with van der Waals surface area (Å²) in [7, 11) is 1.66. The highest BCUT2D eigenvalue weighted by Crippen LogP contribution is 2.08. The van der Waals surface area contributed by atoms with E-state index in [0.717, 1.165) is 12.2 Å². The minimum absolute atomic E-state index is 0.0746. The molecule has 0 bridgehead atoms. The maximum atomic E-state index is 11.3. The van der Waals surface area contributed by atoms with Crippen molar-refractivity contribution in [1.29, 1.82) is 0 Å². The van der Waals surface area contributed by atoms with Crippen LogP contribution < -0.4 is 15.4 Å². The molecule has 2 N–H and O–H groups in total. The number of carbonyl (C=O) groups is 1. The molecule has 1 aromatic heterocycles. The van der Waals surface area contributed by atoms with Gasteiger partial charge in [-0.25, -0.2) is 0 Å². The van der Waals surface area contributed by atoms with Gasteiger partial charge >= 0.3 is 0 Å². The molecule has 0 unspecified atom stereocenters. The molecular weight excluding hydrogens is 258 g/mol. The van der Waals surface area contributed by atoms with Gasteiger partial charge in [0.05, 0.1) is 25.0 Å². The molecular formula is C14H19N3O3. The summed E-state index contributed by atoms with van der Waals surface area (Å²) in [5.41, 5.74) is 0.894. The molecule has 0 saturated heterocycles. The van der Waals surface area contributed by atoms with Gasteiger partial charge in [0.2, 0.25) is 0 Å². The average molecular weight is 277 g/mol. The lowest BCUT2D eigenvalue weighted by Crippen LogP contribution is -2.29. The molecule has 0 aliphatic carbocycles. The molecule has 6 nitrogen and oxygen atoms in total. The van der Waals surface area contributed by atoms with Gasteiger partial charge in [-0.1, -0.05) is 5.92 Å². The quantitative estimate of drug-likeness (QED) is 0.489. The molecule has 0 aliphatic heterocycles. The van der Waals surface area contributed by atoms with E-state index in [2.05, 4.69) is 21.5 Å². The molecule has 0 saturated carbocycles. The van der Waals surface area contributed by atoms with Crippen molar-refractivity contribution in [3.63, 3.8) is 0 Å². The Hall–Kier alpha value is -2.10.